The third-order valence-corrected chi connectivity index (χ3v) is 7.40. The molecule has 8 N–H and O–H groups in total. The molecule has 0 saturated heterocycles. The minimum absolute atomic E-state index is 0.00920. The summed E-state index contributed by atoms with van der Waals surface area (Å²) in [5, 5.41) is 21.5. The molecule has 1 heterocycles. The standard InChI is InChI=1S/C29H37F3N8O8S/c1-16(26(46)47)39(2)25(45)17-7-8-19(18(14-17)29(30,31)32)38-24(44)20(6-5-12-34-27(33)48)37-21(41)15-36-28(49)35-11-3-4-13-40-22(42)9-10-23(40)43/h7-10,14,16,20H,3-6,11-13,15H2,1-2H3,(H,37,41)(H,38,44)(H,46,47)(H3,33,34,48)(H2,35,36,49)/t16-,20?/m0/s1. The van der Waals surface area contributed by atoms with E-state index in [0.717, 1.165) is 29.0 Å². The van der Waals surface area contributed by atoms with E-state index in [2.05, 4.69) is 26.6 Å². The van der Waals surface area contributed by atoms with Crippen molar-refractivity contribution in [3.63, 3.8) is 0 Å². The minimum atomic E-state index is -5.05. The number of carboxylic acid groups (broad SMARTS) is 1. The number of halogens is 3. The molecule has 1 aromatic rings. The summed E-state index contributed by atoms with van der Waals surface area (Å²) in [6.07, 6.45) is -1.70. The maximum Gasteiger partial charge on any atom is 0.418 e. The fourth-order valence-corrected chi connectivity index (χ4v) is 4.46. The van der Waals surface area contributed by atoms with Crippen LogP contribution in [0.4, 0.5) is 23.7 Å². The highest BCUT2D eigenvalue weighted by Crippen LogP contribution is 2.36. The number of unbranched alkanes of at least 4 members (excludes halogenated alkanes) is 1. The van der Waals surface area contributed by atoms with Gasteiger partial charge in [-0.1, -0.05) is 0 Å². The number of rotatable bonds is 17. The first-order chi connectivity index (χ1) is 22.9. The Balaban J connectivity index is 2.04. The van der Waals surface area contributed by atoms with Gasteiger partial charge in [-0.15, -0.1) is 0 Å². The van der Waals surface area contributed by atoms with E-state index >= 15 is 0 Å². The quantitative estimate of drug-likeness (QED) is 0.0659. The van der Waals surface area contributed by atoms with Crippen LogP contribution >= 0.6 is 12.2 Å². The Morgan fingerprint density at radius 3 is 2.22 bits per heavy atom. The topological polar surface area (TPSA) is 232 Å². The smallest absolute Gasteiger partial charge is 0.418 e. The highest BCUT2D eigenvalue weighted by atomic mass is 32.1. The van der Waals surface area contributed by atoms with E-state index in [-0.39, 0.29) is 42.9 Å². The predicted molar refractivity (Wildman–Crippen MR) is 172 cm³/mol. The number of urea groups is 1. The monoisotopic (exact) mass is 714 g/mol. The van der Waals surface area contributed by atoms with Crippen LogP contribution < -0.4 is 32.3 Å². The zero-order chi connectivity index (χ0) is 36.9. The van der Waals surface area contributed by atoms with Crippen LogP contribution in [0.1, 0.15) is 48.5 Å². The van der Waals surface area contributed by atoms with E-state index in [0.29, 0.717) is 25.5 Å². The van der Waals surface area contributed by atoms with Crippen molar-refractivity contribution in [2.24, 2.45) is 5.73 Å². The van der Waals surface area contributed by atoms with Gasteiger partial charge in [-0.05, 0) is 63.0 Å². The lowest BCUT2D eigenvalue weighted by Gasteiger charge is -2.23. The number of carboxylic acids is 1. The summed E-state index contributed by atoms with van der Waals surface area (Å²) in [5.41, 5.74) is 2.44. The van der Waals surface area contributed by atoms with Crippen LogP contribution in [0.3, 0.4) is 0 Å². The maximum absolute atomic E-state index is 14.0. The molecule has 0 fully saturated rings. The van der Waals surface area contributed by atoms with Crippen molar-refractivity contribution in [2.75, 3.05) is 38.5 Å². The Hall–Kier alpha value is -5.27. The Kier molecular flexibility index (Phi) is 14.9. The lowest BCUT2D eigenvalue weighted by molar-refractivity contribution is -0.141. The number of nitrogens with two attached hydrogens (primary N) is 1. The van der Waals surface area contributed by atoms with E-state index in [1.54, 1.807) is 0 Å². The SMILES string of the molecule is C[C@@H](C(=O)O)N(C)C(=O)c1ccc(NC(=O)C(CCCNC(N)=O)NC(=O)CNC(=S)NCCCCN2C(=O)C=CC2=O)c(C(F)(F)F)c1. The zero-order valence-corrected chi connectivity index (χ0v) is 27.3. The number of amides is 7. The van der Waals surface area contributed by atoms with Crippen molar-refractivity contribution in [3.05, 3.63) is 41.5 Å². The summed E-state index contributed by atoms with van der Waals surface area (Å²) in [6.45, 7) is 1.31. The minimum Gasteiger partial charge on any atom is -0.480 e. The Morgan fingerprint density at radius 1 is 1.00 bits per heavy atom. The molecule has 1 unspecified atom stereocenters. The number of nitrogens with zero attached hydrogens (tertiary/aromatic N) is 2. The molecule has 0 radical (unpaired) electrons. The first kappa shape index (κ1) is 39.9. The van der Waals surface area contributed by atoms with Gasteiger partial charge < -0.3 is 42.3 Å². The van der Waals surface area contributed by atoms with Crippen molar-refractivity contribution in [1.29, 1.82) is 0 Å². The number of likely N-dealkylation sites (N-methyl/N-ethyl adjacent to an activating group) is 1. The fraction of sp³-hybridized carbons (Fsp3) is 0.448. The van der Waals surface area contributed by atoms with Gasteiger partial charge in [0.05, 0.1) is 17.8 Å². The molecule has 49 heavy (non-hydrogen) atoms. The number of alkyl halides is 3. The molecule has 1 aliphatic rings. The van der Waals surface area contributed by atoms with Crippen molar-refractivity contribution in [1.82, 2.24) is 31.1 Å². The molecule has 0 aliphatic carbocycles. The van der Waals surface area contributed by atoms with E-state index in [1.165, 1.54) is 19.1 Å². The molecule has 1 aromatic carbocycles. The second-order valence-electron chi connectivity index (χ2n) is 10.7. The third kappa shape index (κ3) is 12.7. The number of carbonyl (C=O) groups excluding carboxylic acids is 6. The van der Waals surface area contributed by atoms with Crippen LogP contribution in [-0.4, -0.2) is 107 Å². The van der Waals surface area contributed by atoms with E-state index in [4.69, 9.17) is 23.1 Å². The van der Waals surface area contributed by atoms with Crippen LogP contribution in [0.25, 0.3) is 0 Å². The molecule has 2 rings (SSSR count). The lowest BCUT2D eigenvalue weighted by Crippen LogP contribution is -2.49. The van der Waals surface area contributed by atoms with Crippen molar-refractivity contribution >= 4 is 64.6 Å². The molecular formula is C29H37F3N8O8S. The number of primary amides is 1. The molecule has 16 nitrogen and oxygen atoms in total. The summed E-state index contributed by atoms with van der Waals surface area (Å²) in [6, 6.07) is -1.27. The second-order valence-corrected chi connectivity index (χ2v) is 11.1. The van der Waals surface area contributed by atoms with Crippen molar-refractivity contribution < 1.29 is 51.8 Å². The largest absolute Gasteiger partial charge is 0.480 e. The normalized spacial score (nSPS) is 13.7. The average molecular weight is 715 g/mol. The van der Waals surface area contributed by atoms with Crippen molar-refractivity contribution in [2.45, 2.75) is 50.9 Å². The number of thiocarbonyl (C=S) groups is 1. The Labute approximate surface area is 284 Å². The van der Waals surface area contributed by atoms with Gasteiger partial charge in [-0.25, -0.2) is 9.59 Å². The number of aliphatic carboxylic acids is 1. The fourth-order valence-electron chi connectivity index (χ4n) is 4.29. The summed E-state index contributed by atoms with van der Waals surface area (Å²) in [5.74, 6) is -4.94. The molecule has 7 amide bonds. The van der Waals surface area contributed by atoms with Gasteiger partial charge in [0.15, 0.2) is 5.11 Å². The number of anilines is 1. The van der Waals surface area contributed by atoms with Gasteiger partial charge in [-0.3, -0.25) is 28.9 Å². The molecule has 268 valence electrons. The molecule has 20 heteroatoms. The lowest BCUT2D eigenvalue weighted by atomic mass is 10.0. The molecule has 0 saturated carbocycles. The number of imide groups is 1. The van der Waals surface area contributed by atoms with Gasteiger partial charge in [-0.2, -0.15) is 13.2 Å². The molecular weight excluding hydrogens is 677 g/mol. The third-order valence-electron chi connectivity index (χ3n) is 7.11. The number of nitrogens with one attached hydrogen (secondary N) is 5. The summed E-state index contributed by atoms with van der Waals surface area (Å²) >= 11 is 5.12. The van der Waals surface area contributed by atoms with Gasteiger partial charge in [0, 0.05) is 44.4 Å². The number of hydrogen-bond donors (Lipinski definition) is 7. The predicted octanol–water partition coefficient (Wildman–Crippen LogP) is 0.292. The first-order valence-electron chi connectivity index (χ1n) is 14.8. The summed E-state index contributed by atoms with van der Waals surface area (Å²) in [4.78, 5) is 85.8. The molecule has 0 spiro atoms. The number of benzene rings is 1. The summed E-state index contributed by atoms with van der Waals surface area (Å²) < 4.78 is 42.1. The van der Waals surface area contributed by atoms with E-state index in [9.17, 15) is 46.7 Å². The second kappa shape index (κ2) is 18.3. The average Bonchev–Trinajstić information content (AvgIpc) is 3.35. The van der Waals surface area contributed by atoms with Crippen LogP contribution in [0.15, 0.2) is 30.4 Å². The number of carbonyl (C=O) groups is 7. The van der Waals surface area contributed by atoms with E-state index < -0.39 is 71.3 Å². The zero-order valence-electron chi connectivity index (χ0n) is 26.5. The van der Waals surface area contributed by atoms with Crippen LogP contribution in [0.5, 0.6) is 0 Å². The van der Waals surface area contributed by atoms with Crippen LogP contribution in [0.2, 0.25) is 0 Å². The van der Waals surface area contributed by atoms with Gasteiger partial charge >= 0.3 is 18.2 Å². The molecule has 0 aromatic heterocycles. The van der Waals surface area contributed by atoms with Gasteiger partial charge in [0.1, 0.15) is 12.1 Å². The van der Waals surface area contributed by atoms with Crippen molar-refractivity contribution in [3.8, 4) is 0 Å². The molecule has 1 aliphatic heterocycles. The van der Waals surface area contributed by atoms with E-state index in [1.807, 2.05) is 0 Å². The van der Waals surface area contributed by atoms with Crippen LogP contribution in [-0.2, 0) is 30.1 Å². The highest BCUT2D eigenvalue weighted by Gasteiger charge is 2.36. The highest BCUT2D eigenvalue weighted by molar-refractivity contribution is 7.80. The molecule has 0 bridgehead atoms. The van der Waals surface area contributed by atoms with Gasteiger partial charge in [0.2, 0.25) is 11.8 Å². The maximum atomic E-state index is 14.0. The number of hydrogen-bond acceptors (Lipinski definition) is 8. The summed E-state index contributed by atoms with van der Waals surface area (Å²) in [7, 11) is 1.12. The Morgan fingerprint density at radius 2 is 1.63 bits per heavy atom. The van der Waals surface area contributed by atoms with Crippen LogP contribution in [0, 0.1) is 0 Å². The first-order valence-corrected chi connectivity index (χ1v) is 15.2. The molecule has 2 atom stereocenters. The Bertz CT molecular complexity index is 1470. The van der Waals surface area contributed by atoms with Gasteiger partial charge in [0.25, 0.3) is 17.7 Å².